The number of rotatable bonds is 9. The van der Waals surface area contributed by atoms with E-state index in [0.717, 1.165) is 25.7 Å². The van der Waals surface area contributed by atoms with Crippen molar-refractivity contribution in [3.05, 3.63) is 35.8 Å². The van der Waals surface area contributed by atoms with Crippen LogP contribution in [0.4, 0.5) is 5.82 Å². The largest absolute Gasteiger partial charge is 0.387 e. The molecular weight excluding hydrogens is 577 g/mol. The van der Waals surface area contributed by atoms with Gasteiger partial charge in [-0.3, -0.25) is 4.57 Å². The molecule has 1 aliphatic heterocycles. The summed E-state index contributed by atoms with van der Waals surface area (Å²) in [6.45, 7) is 0. The normalized spacial score (nSPS) is 25.4. The first-order valence-electron chi connectivity index (χ1n) is 12.1. The highest BCUT2D eigenvalue weighted by Crippen LogP contribution is 2.47. The van der Waals surface area contributed by atoms with Crippen LogP contribution in [0.5, 0.6) is 0 Å². The smallest absolute Gasteiger partial charge is 0.343 e. The zero-order chi connectivity index (χ0) is 27.9. The molecule has 3 aromatic rings. The second kappa shape index (κ2) is 10.9. The van der Waals surface area contributed by atoms with Crippen LogP contribution >= 0.6 is 19.2 Å². The summed E-state index contributed by atoms with van der Waals surface area (Å²) in [7, 11) is -9.75. The van der Waals surface area contributed by atoms with Crippen molar-refractivity contribution in [2.75, 3.05) is 11.1 Å². The van der Waals surface area contributed by atoms with E-state index in [1.165, 1.54) is 29.6 Å². The number of ether oxygens (including phenoxy) is 1. The van der Waals surface area contributed by atoms with Gasteiger partial charge in [0.1, 0.15) is 30.5 Å². The lowest BCUT2D eigenvalue weighted by Gasteiger charge is -2.22. The monoisotopic (exact) mass is 603 g/mol. The van der Waals surface area contributed by atoms with Gasteiger partial charge in [0.2, 0.25) is 5.28 Å². The van der Waals surface area contributed by atoms with E-state index in [1.54, 1.807) is 0 Å². The number of sulfone groups is 1. The third kappa shape index (κ3) is 5.93. The lowest BCUT2D eigenvalue weighted by atomic mass is 10.1. The van der Waals surface area contributed by atoms with Gasteiger partial charge in [0.05, 0.1) is 17.3 Å². The van der Waals surface area contributed by atoms with E-state index in [9.17, 15) is 33.0 Å². The fourth-order valence-corrected chi connectivity index (χ4v) is 8.91. The van der Waals surface area contributed by atoms with Crippen molar-refractivity contribution >= 4 is 45.9 Å². The van der Waals surface area contributed by atoms with Gasteiger partial charge < -0.3 is 30.1 Å². The minimum absolute atomic E-state index is 0.0914. The van der Waals surface area contributed by atoms with E-state index < -0.39 is 59.1 Å². The molecule has 39 heavy (non-hydrogen) atoms. The molecule has 15 nitrogen and oxygen atoms in total. The van der Waals surface area contributed by atoms with Crippen molar-refractivity contribution < 1.29 is 37.7 Å². The number of aromatic nitrogens is 6. The summed E-state index contributed by atoms with van der Waals surface area (Å²) >= 11 is 6.15. The fourth-order valence-electron chi connectivity index (χ4n) is 4.96. The standard InChI is InChI=1S/C21H27ClN7O8PS/c22-21-27-18(26-12-3-1-2-4-12)13-8-25-29(19(13)28-21)20-17(31)16(30)14(37-20)9-39(35,36)15(38(32,33)34)5-11-6-23-10-24-7-11/h6-8,10,12,14-17,20,30-31H,1-5,9H2,(H,26,27,28)(H2,32,33,34)/t14-,15?,16-,17-,20-/m1/s1. The van der Waals surface area contributed by atoms with Crippen molar-refractivity contribution in [2.45, 2.75) is 67.7 Å². The van der Waals surface area contributed by atoms with Gasteiger partial charge >= 0.3 is 7.60 Å². The Kier molecular flexibility index (Phi) is 7.92. The van der Waals surface area contributed by atoms with Gasteiger partial charge in [-0.25, -0.2) is 23.1 Å². The van der Waals surface area contributed by atoms with Crippen LogP contribution in [-0.4, -0.2) is 93.2 Å². The molecule has 1 aliphatic carbocycles. The number of halogens is 1. The molecule has 5 N–H and O–H groups in total. The van der Waals surface area contributed by atoms with Gasteiger partial charge in [-0.1, -0.05) is 12.8 Å². The number of nitrogens with zero attached hydrogens (tertiary/aromatic N) is 6. The quantitative estimate of drug-likeness (QED) is 0.165. The van der Waals surface area contributed by atoms with Crippen LogP contribution in [0, 0.1) is 0 Å². The van der Waals surface area contributed by atoms with Crippen molar-refractivity contribution in [2.24, 2.45) is 0 Å². The Bertz CT molecular complexity index is 1480. The summed E-state index contributed by atoms with van der Waals surface area (Å²) in [5.74, 6) is -0.529. The maximum Gasteiger partial charge on any atom is 0.343 e. The summed E-state index contributed by atoms with van der Waals surface area (Å²) in [4.78, 5) is 33.5. The van der Waals surface area contributed by atoms with Gasteiger partial charge in [-0.2, -0.15) is 15.1 Å². The third-order valence-corrected chi connectivity index (χ3v) is 11.6. The molecule has 5 rings (SSSR count). The molecule has 1 unspecified atom stereocenters. The van der Waals surface area contributed by atoms with Crippen molar-refractivity contribution in [1.82, 2.24) is 29.7 Å². The van der Waals surface area contributed by atoms with E-state index >= 15 is 0 Å². The van der Waals surface area contributed by atoms with Crippen LogP contribution in [0.15, 0.2) is 24.9 Å². The number of aliphatic hydroxyl groups excluding tert-OH is 2. The molecule has 2 aliphatic rings. The number of hydrogen-bond donors (Lipinski definition) is 5. The molecule has 0 amide bonds. The zero-order valence-corrected chi connectivity index (χ0v) is 22.8. The molecule has 0 aromatic carbocycles. The Hall–Kier alpha value is -2.30. The molecule has 0 bridgehead atoms. The number of anilines is 1. The van der Waals surface area contributed by atoms with Gasteiger partial charge in [-0.05, 0) is 30.0 Å². The van der Waals surface area contributed by atoms with Crippen LogP contribution in [0.3, 0.4) is 0 Å². The SMILES string of the molecule is O=P(O)(O)C(Cc1cncnc1)S(=O)(=O)C[C@H]1O[C@@H](n2ncc3c(NC4CCCC4)nc(Cl)nc32)[C@H](O)[C@@H]1O. The number of aliphatic hydroxyl groups is 2. The first-order valence-corrected chi connectivity index (χ1v) is 15.9. The van der Waals surface area contributed by atoms with Gasteiger partial charge in [0, 0.05) is 24.9 Å². The highest BCUT2D eigenvalue weighted by molar-refractivity contribution is 7.98. The molecule has 2 fully saturated rings. The summed E-state index contributed by atoms with van der Waals surface area (Å²) in [6, 6.07) is 0.205. The van der Waals surface area contributed by atoms with Crippen LogP contribution < -0.4 is 5.32 Å². The van der Waals surface area contributed by atoms with Crippen LogP contribution in [0.25, 0.3) is 11.0 Å². The molecule has 3 aromatic heterocycles. The Morgan fingerprint density at radius 1 is 1.13 bits per heavy atom. The van der Waals surface area contributed by atoms with Crippen molar-refractivity contribution in [3.63, 3.8) is 0 Å². The summed E-state index contributed by atoms with van der Waals surface area (Å²) < 4.78 is 45.4. The van der Waals surface area contributed by atoms with Gasteiger partial charge in [-0.15, -0.1) is 0 Å². The first kappa shape index (κ1) is 28.2. The maximum absolute atomic E-state index is 13.2. The molecular formula is C21H27ClN7O8PS. The molecule has 4 heterocycles. The number of hydrogen-bond acceptors (Lipinski definition) is 12. The number of fused-ring (bicyclic) bond motifs is 1. The average molecular weight is 604 g/mol. The summed E-state index contributed by atoms with van der Waals surface area (Å²) in [6.07, 6.45) is 2.46. The van der Waals surface area contributed by atoms with E-state index in [4.69, 9.17) is 16.3 Å². The Balaban J connectivity index is 1.39. The Labute approximate surface area is 227 Å². The average Bonchev–Trinajstić information content (AvgIpc) is 3.59. The van der Waals surface area contributed by atoms with Crippen molar-refractivity contribution in [1.29, 1.82) is 0 Å². The lowest BCUT2D eigenvalue weighted by Crippen LogP contribution is -2.38. The molecule has 5 atom stereocenters. The molecule has 18 heteroatoms. The summed E-state index contributed by atoms with van der Waals surface area (Å²) in [5.41, 5.74) is 0.384. The van der Waals surface area contributed by atoms with Crippen LogP contribution in [0.1, 0.15) is 37.5 Å². The highest BCUT2D eigenvalue weighted by atomic mass is 35.5. The van der Waals surface area contributed by atoms with E-state index in [1.807, 2.05) is 0 Å². The van der Waals surface area contributed by atoms with Crippen LogP contribution in [0.2, 0.25) is 5.28 Å². The Morgan fingerprint density at radius 2 is 1.82 bits per heavy atom. The Morgan fingerprint density at radius 3 is 2.49 bits per heavy atom. The second-order valence-electron chi connectivity index (χ2n) is 9.66. The van der Waals surface area contributed by atoms with Crippen LogP contribution in [-0.2, 0) is 25.6 Å². The lowest BCUT2D eigenvalue weighted by molar-refractivity contribution is -0.0365. The minimum atomic E-state index is -5.17. The van der Waals surface area contributed by atoms with Gasteiger partial charge in [0.25, 0.3) is 0 Å². The topological polar surface area (TPSA) is 223 Å². The highest BCUT2D eigenvalue weighted by Gasteiger charge is 2.49. The van der Waals surface area contributed by atoms with E-state index in [2.05, 4.69) is 30.4 Å². The molecule has 1 saturated heterocycles. The second-order valence-corrected chi connectivity index (χ2v) is 14.4. The summed E-state index contributed by atoms with van der Waals surface area (Å²) in [5, 5.41) is 29.4. The molecule has 212 valence electrons. The van der Waals surface area contributed by atoms with E-state index in [-0.39, 0.29) is 22.5 Å². The minimum Gasteiger partial charge on any atom is -0.387 e. The zero-order valence-electron chi connectivity index (χ0n) is 20.4. The molecule has 0 radical (unpaired) electrons. The maximum atomic E-state index is 13.2. The van der Waals surface area contributed by atoms with E-state index in [0.29, 0.717) is 11.2 Å². The molecule has 0 spiro atoms. The fraction of sp³-hybridized carbons (Fsp3) is 0.571. The van der Waals surface area contributed by atoms with Gasteiger partial charge in [0.15, 0.2) is 26.7 Å². The third-order valence-electron chi connectivity index (χ3n) is 6.91. The molecule has 1 saturated carbocycles. The predicted molar refractivity (Wildman–Crippen MR) is 137 cm³/mol. The first-order chi connectivity index (χ1) is 18.4. The predicted octanol–water partition coefficient (Wildman–Crippen LogP) is 0.405. The van der Waals surface area contributed by atoms with Crippen molar-refractivity contribution in [3.8, 4) is 0 Å². The number of nitrogens with one attached hydrogen (secondary N) is 1.